The third-order valence-corrected chi connectivity index (χ3v) is 7.11. The fourth-order valence-electron chi connectivity index (χ4n) is 4.62. The van der Waals surface area contributed by atoms with Crippen molar-refractivity contribution in [2.24, 2.45) is 0 Å². The van der Waals surface area contributed by atoms with Gasteiger partial charge < -0.3 is 0 Å². The van der Waals surface area contributed by atoms with Crippen LogP contribution in [0.4, 0.5) is 17.6 Å². The molecule has 0 aromatic heterocycles. The summed E-state index contributed by atoms with van der Waals surface area (Å²) in [5, 5.41) is 1.16. The van der Waals surface area contributed by atoms with Crippen molar-refractivity contribution in [3.8, 4) is 44.5 Å². The van der Waals surface area contributed by atoms with Crippen LogP contribution in [0.5, 0.6) is 0 Å². The fraction of sp³-hybridized carbons (Fsp3) is 0.0323. The van der Waals surface area contributed by atoms with Crippen molar-refractivity contribution in [3.63, 3.8) is 0 Å². The Morgan fingerprint density at radius 3 is 1.59 bits per heavy atom. The predicted octanol–water partition coefficient (Wildman–Crippen LogP) is 12.1. The van der Waals surface area contributed by atoms with E-state index in [1.165, 1.54) is 60.7 Å². The Morgan fingerprint density at radius 2 is 1.00 bits per heavy atom. The molecule has 39 heavy (non-hydrogen) atoms. The lowest BCUT2D eigenvalue weighted by Crippen LogP contribution is -2.12. The van der Waals surface area contributed by atoms with Crippen LogP contribution in [0.2, 0.25) is 20.1 Å². The number of halogens is 8. The van der Waals surface area contributed by atoms with E-state index in [1.54, 1.807) is 36.4 Å². The van der Waals surface area contributed by atoms with Gasteiger partial charge in [-0.3, -0.25) is 0 Å². The van der Waals surface area contributed by atoms with Crippen LogP contribution in [0.25, 0.3) is 44.5 Å². The van der Waals surface area contributed by atoms with Crippen LogP contribution in [-0.4, -0.2) is 0 Å². The van der Waals surface area contributed by atoms with Crippen molar-refractivity contribution < 1.29 is 17.6 Å². The standard InChI is InChI=1S/C31H16Cl4F4/c32-21-8-4-18(5-9-21)28-26(17-6-10-25(36)11-7-17)16-27(20-13-23(34)15-24(35)14-20)29(30(28)31(37,38)39)19-2-1-3-22(33)12-19/h1-16H. The van der Waals surface area contributed by atoms with Crippen molar-refractivity contribution in [3.05, 3.63) is 129 Å². The number of alkyl halides is 3. The van der Waals surface area contributed by atoms with Crippen LogP contribution in [0.15, 0.2) is 97.1 Å². The molecule has 196 valence electrons. The number of benzene rings is 5. The molecule has 5 aromatic rings. The van der Waals surface area contributed by atoms with E-state index < -0.39 is 17.6 Å². The maximum atomic E-state index is 15.3. The maximum absolute atomic E-state index is 15.3. The summed E-state index contributed by atoms with van der Waals surface area (Å²) in [6.45, 7) is 0. The summed E-state index contributed by atoms with van der Waals surface area (Å²) in [4.78, 5) is 0. The zero-order valence-corrected chi connectivity index (χ0v) is 22.8. The smallest absolute Gasteiger partial charge is 0.207 e. The number of hydrogen-bond donors (Lipinski definition) is 0. The first kappa shape index (κ1) is 27.5. The summed E-state index contributed by atoms with van der Waals surface area (Å²) < 4.78 is 59.8. The molecule has 0 saturated heterocycles. The van der Waals surface area contributed by atoms with E-state index in [1.807, 2.05) is 0 Å². The molecular weight excluding hydrogens is 590 g/mol. The molecule has 0 aliphatic carbocycles. The van der Waals surface area contributed by atoms with E-state index >= 15 is 13.2 Å². The molecule has 0 radical (unpaired) electrons. The number of hydrogen-bond acceptors (Lipinski definition) is 0. The molecule has 8 heteroatoms. The molecule has 0 bridgehead atoms. The van der Waals surface area contributed by atoms with Gasteiger partial charge in [-0.05, 0) is 94.0 Å². The topological polar surface area (TPSA) is 0 Å². The first-order valence-corrected chi connectivity index (χ1v) is 13.0. The lowest BCUT2D eigenvalue weighted by atomic mass is 9.81. The summed E-state index contributed by atoms with van der Waals surface area (Å²) >= 11 is 24.9. The van der Waals surface area contributed by atoms with Gasteiger partial charge in [0.05, 0.1) is 5.56 Å². The van der Waals surface area contributed by atoms with Crippen LogP contribution >= 0.6 is 46.4 Å². The van der Waals surface area contributed by atoms with Gasteiger partial charge >= 0.3 is 6.18 Å². The molecule has 5 rings (SSSR count). The van der Waals surface area contributed by atoms with Crippen LogP contribution in [0.1, 0.15) is 5.56 Å². The Labute approximate surface area is 242 Å². The highest BCUT2D eigenvalue weighted by atomic mass is 35.5. The Hall–Kier alpha value is -3.02. The SMILES string of the molecule is Fc1ccc(-c2cc(-c3cc(Cl)cc(Cl)c3)c(-c3cccc(Cl)c3)c(C(F)(F)F)c2-c2ccc(Cl)cc2)cc1. The van der Waals surface area contributed by atoms with Crippen LogP contribution in [-0.2, 0) is 6.18 Å². The predicted molar refractivity (Wildman–Crippen MR) is 153 cm³/mol. The zero-order chi connectivity index (χ0) is 27.9. The van der Waals surface area contributed by atoms with E-state index in [2.05, 4.69) is 0 Å². The maximum Gasteiger partial charge on any atom is 0.417 e. The fourth-order valence-corrected chi connectivity index (χ4v) is 5.46. The van der Waals surface area contributed by atoms with Crippen LogP contribution in [0.3, 0.4) is 0 Å². The van der Waals surface area contributed by atoms with Crippen molar-refractivity contribution >= 4 is 46.4 Å². The van der Waals surface area contributed by atoms with Crippen LogP contribution < -0.4 is 0 Å². The lowest BCUT2D eigenvalue weighted by molar-refractivity contribution is -0.136. The molecule has 5 aromatic carbocycles. The molecule has 0 saturated carbocycles. The van der Waals surface area contributed by atoms with E-state index in [9.17, 15) is 4.39 Å². The highest BCUT2D eigenvalue weighted by Crippen LogP contribution is 2.52. The largest absolute Gasteiger partial charge is 0.417 e. The Bertz CT molecular complexity index is 1660. The minimum Gasteiger partial charge on any atom is -0.207 e. The third kappa shape index (κ3) is 5.80. The summed E-state index contributed by atoms with van der Waals surface area (Å²) in [6.07, 6.45) is -4.82. The molecule has 0 spiro atoms. The second-order valence-corrected chi connectivity index (χ2v) is 10.5. The quantitative estimate of drug-likeness (QED) is 0.179. The Balaban J connectivity index is 2.03. The summed E-state index contributed by atoms with van der Waals surface area (Å²) in [7, 11) is 0. The Kier molecular flexibility index (Phi) is 7.67. The van der Waals surface area contributed by atoms with Gasteiger partial charge in [0.2, 0.25) is 0 Å². The highest BCUT2D eigenvalue weighted by molar-refractivity contribution is 6.35. The first-order valence-electron chi connectivity index (χ1n) is 11.5. The summed E-state index contributed by atoms with van der Waals surface area (Å²) in [5.41, 5.74) is 0.689. The van der Waals surface area contributed by atoms with Crippen molar-refractivity contribution in [1.29, 1.82) is 0 Å². The molecule has 0 heterocycles. The summed E-state index contributed by atoms with van der Waals surface area (Å²) in [6, 6.07) is 23.8. The molecule has 0 unspecified atom stereocenters. The van der Waals surface area contributed by atoms with Gasteiger partial charge in [-0.1, -0.05) is 82.8 Å². The average molecular weight is 606 g/mol. The second-order valence-electron chi connectivity index (χ2n) is 8.78. The first-order chi connectivity index (χ1) is 18.5. The van der Waals surface area contributed by atoms with Gasteiger partial charge in [0.25, 0.3) is 0 Å². The average Bonchev–Trinajstić information content (AvgIpc) is 2.87. The normalized spacial score (nSPS) is 11.6. The monoisotopic (exact) mass is 604 g/mol. The van der Waals surface area contributed by atoms with Crippen LogP contribution in [0, 0.1) is 5.82 Å². The molecule has 0 N–H and O–H groups in total. The lowest BCUT2D eigenvalue weighted by Gasteiger charge is -2.25. The minimum absolute atomic E-state index is 0.0855. The van der Waals surface area contributed by atoms with E-state index in [0.29, 0.717) is 16.1 Å². The minimum atomic E-state index is -4.82. The Morgan fingerprint density at radius 1 is 0.462 bits per heavy atom. The van der Waals surface area contributed by atoms with Gasteiger partial charge in [-0.2, -0.15) is 13.2 Å². The molecule has 0 aliphatic heterocycles. The van der Waals surface area contributed by atoms with Crippen molar-refractivity contribution in [2.75, 3.05) is 0 Å². The van der Waals surface area contributed by atoms with E-state index in [4.69, 9.17) is 46.4 Å². The van der Waals surface area contributed by atoms with E-state index in [0.717, 1.165) is 0 Å². The van der Waals surface area contributed by atoms with Gasteiger partial charge in [0.1, 0.15) is 5.82 Å². The number of rotatable bonds is 4. The van der Waals surface area contributed by atoms with Gasteiger partial charge in [0.15, 0.2) is 0 Å². The van der Waals surface area contributed by atoms with Gasteiger partial charge in [0, 0.05) is 31.2 Å². The molecule has 0 fully saturated rings. The van der Waals surface area contributed by atoms with E-state index in [-0.39, 0.29) is 48.4 Å². The zero-order valence-electron chi connectivity index (χ0n) is 19.8. The molecule has 0 amide bonds. The highest BCUT2D eigenvalue weighted by Gasteiger charge is 2.40. The summed E-state index contributed by atoms with van der Waals surface area (Å²) in [5.74, 6) is -0.514. The van der Waals surface area contributed by atoms with Gasteiger partial charge in [-0.25, -0.2) is 4.39 Å². The van der Waals surface area contributed by atoms with Crippen molar-refractivity contribution in [2.45, 2.75) is 6.18 Å². The molecule has 0 aliphatic rings. The third-order valence-electron chi connectivity index (χ3n) is 6.19. The van der Waals surface area contributed by atoms with Gasteiger partial charge in [-0.15, -0.1) is 0 Å². The molecule has 0 nitrogen and oxygen atoms in total. The molecular formula is C31H16Cl4F4. The second kappa shape index (κ2) is 10.9. The van der Waals surface area contributed by atoms with Crippen molar-refractivity contribution in [1.82, 2.24) is 0 Å². The molecule has 0 atom stereocenters.